The van der Waals surface area contributed by atoms with Crippen molar-refractivity contribution in [1.82, 2.24) is 5.32 Å². The van der Waals surface area contributed by atoms with Crippen LogP contribution >= 0.6 is 0 Å². The van der Waals surface area contributed by atoms with Gasteiger partial charge in [0.1, 0.15) is 11.8 Å². The number of nitrogens with two attached hydrogens (primary N) is 1. The van der Waals surface area contributed by atoms with Crippen molar-refractivity contribution in [3.05, 3.63) is 29.3 Å². The number of hydrogen-bond acceptors (Lipinski definition) is 4. The van der Waals surface area contributed by atoms with Gasteiger partial charge in [-0.25, -0.2) is 0 Å². The molecule has 1 aromatic rings. The third kappa shape index (κ3) is 4.05. The lowest BCUT2D eigenvalue weighted by molar-refractivity contribution is -0.138. The van der Waals surface area contributed by atoms with Gasteiger partial charge in [-0.15, -0.1) is 0 Å². The molecule has 0 saturated heterocycles. The van der Waals surface area contributed by atoms with Gasteiger partial charge in [-0.05, 0) is 24.1 Å². The Morgan fingerprint density at radius 1 is 1.59 bits per heavy atom. The molecule has 1 atom stereocenters. The molecular formula is C12H18N2O3. The van der Waals surface area contributed by atoms with Gasteiger partial charge in [0.2, 0.25) is 0 Å². The summed E-state index contributed by atoms with van der Waals surface area (Å²) in [6.07, 6.45) is 0. The number of ether oxygens (including phenoxy) is 1. The Labute approximate surface area is 101 Å². The molecule has 0 aliphatic heterocycles. The Bertz CT molecular complexity index is 393. The van der Waals surface area contributed by atoms with Crippen LogP contribution in [0.4, 0.5) is 0 Å². The summed E-state index contributed by atoms with van der Waals surface area (Å²) in [4.78, 5) is 10.5. The van der Waals surface area contributed by atoms with Gasteiger partial charge in [-0.3, -0.25) is 4.79 Å². The Morgan fingerprint density at radius 2 is 2.29 bits per heavy atom. The molecule has 0 heterocycles. The zero-order chi connectivity index (χ0) is 12.8. The van der Waals surface area contributed by atoms with E-state index >= 15 is 0 Å². The first-order chi connectivity index (χ1) is 8.04. The van der Waals surface area contributed by atoms with Gasteiger partial charge in [-0.2, -0.15) is 0 Å². The highest BCUT2D eigenvalue weighted by atomic mass is 16.5. The average molecular weight is 238 g/mol. The first-order valence-electron chi connectivity index (χ1n) is 5.37. The highest BCUT2D eigenvalue weighted by Gasteiger charge is 2.10. The van der Waals surface area contributed by atoms with Gasteiger partial charge in [0.05, 0.1) is 7.11 Å². The molecule has 4 N–H and O–H groups in total. The summed E-state index contributed by atoms with van der Waals surface area (Å²) in [6.45, 7) is 2.80. The Balaban J connectivity index is 2.47. The van der Waals surface area contributed by atoms with Gasteiger partial charge in [0.15, 0.2) is 0 Å². The minimum Gasteiger partial charge on any atom is -0.496 e. The second-order valence-electron chi connectivity index (χ2n) is 3.88. The number of carboxylic acids is 1. The maximum absolute atomic E-state index is 10.5. The first-order valence-corrected chi connectivity index (χ1v) is 5.37. The molecule has 0 fully saturated rings. The predicted octanol–water partition coefficient (Wildman–Crippen LogP) is 0.505. The van der Waals surface area contributed by atoms with E-state index in [9.17, 15) is 4.79 Å². The zero-order valence-corrected chi connectivity index (χ0v) is 10.1. The molecule has 1 unspecified atom stereocenters. The normalized spacial score (nSPS) is 12.2. The van der Waals surface area contributed by atoms with Crippen molar-refractivity contribution in [3.8, 4) is 5.75 Å². The summed E-state index contributed by atoms with van der Waals surface area (Å²) in [5, 5.41) is 11.6. The van der Waals surface area contributed by atoms with Crippen LogP contribution in [0.5, 0.6) is 5.75 Å². The highest BCUT2D eigenvalue weighted by Crippen LogP contribution is 2.18. The summed E-state index contributed by atoms with van der Waals surface area (Å²) in [6, 6.07) is 4.96. The van der Waals surface area contributed by atoms with E-state index in [1.165, 1.54) is 0 Å². The van der Waals surface area contributed by atoms with Crippen LogP contribution in [0.25, 0.3) is 0 Å². The van der Waals surface area contributed by atoms with E-state index in [2.05, 4.69) is 5.32 Å². The first kappa shape index (κ1) is 13.5. The summed E-state index contributed by atoms with van der Waals surface area (Å²) in [5.41, 5.74) is 7.49. The monoisotopic (exact) mass is 238 g/mol. The van der Waals surface area contributed by atoms with E-state index < -0.39 is 12.0 Å². The maximum atomic E-state index is 10.5. The van der Waals surface area contributed by atoms with Crippen molar-refractivity contribution < 1.29 is 14.6 Å². The number of carbonyl (C=O) groups is 1. The molecule has 1 aromatic carbocycles. The van der Waals surface area contributed by atoms with E-state index in [0.717, 1.165) is 16.9 Å². The van der Waals surface area contributed by atoms with Crippen LogP contribution < -0.4 is 15.8 Å². The third-order valence-corrected chi connectivity index (χ3v) is 2.47. The van der Waals surface area contributed by atoms with Crippen molar-refractivity contribution in [2.45, 2.75) is 19.5 Å². The molecule has 0 bridgehead atoms. The quantitative estimate of drug-likeness (QED) is 0.672. The minimum atomic E-state index is -0.997. The number of hydrogen-bond donors (Lipinski definition) is 3. The molecule has 0 saturated carbocycles. The van der Waals surface area contributed by atoms with Crippen molar-refractivity contribution >= 4 is 5.97 Å². The van der Waals surface area contributed by atoms with Crippen LogP contribution in [0.15, 0.2) is 18.2 Å². The molecule has 94 valence electrons. The van der Waals surface area contributed by atoms with E-state index in [4.69, 9.17) is 15.6 Å². The molecule has 0 radical (unpaired) electrons. The molecule has 5 heteroatoms. The lowest BCUT2D eigenvalue weighted by atomic mass is 10.1. The smallest absolute Gasteiger partial charge is 0.321 e. The summed E-state index contributed by atoms with van der Waals surface area (Å²) in [5.74, 6) is -0.153. The molecule has 0 aliphatic rings. The van der Waals surface area contributed by atoms with Crippen LogP contribution in [0.1, 0.15) is 11.1 Å². The SMILES string of the molecule is COc1ccc(CNCC(N)C(=O)O)cc1C. The molecule has 5 nitrogen and oxygen atoms in total. The lowest BCUT2D eigenvalue weighted by Crippen LogP contribution is -2.40. The number of methoxy groups -OCH3 is 1. The number of rotatable bonds is 6. The van der Waals surface area contributed by atoms with Gasteiger partial charge in [0.25, 0.3) is 0 Å². The number of aryl methyl sites for hydroxylation is 1. The Hall–Kier alpha value is -1.59. The van der Waals surface area contributed by atoms with Crippen LogP contribution in [0.3, 0.4) is 0 Å². The molecule has 0 spiro atoms. The maximum Gasteiger partial charge on any atom is 0.321 e. The van der Waals surface area contributed by atoms with Gasteiger partial charge in [0, 0.05) is 13.1 Å². The number of carboxylic acid groups (broad SMARTS) is 1. The van der Waals surface area contributed by atoms with Gasteiger partial charge >= 0.3 is 5.97 Å². The number of benzene rings is 1. The fourth-order valence-electron chi connectivity index (χ4n) is 1.51. The standard InChI is InChI=1S/C12H18N2O3/c1-8-5-9(3-4-11(8)17-2)6-14-7-10(13)12(15)16/h3-5,10,14H,6-7,13H2,1-2H3,(H,15,16). The van der Waals surface area contributed by atoms with Crippen LogP contribution in [-0.4, -0.2) is 30.8 Å². The van der Waals surface area contributed by atoms with Crippen LogP contribution in [-0.2, 0) is 11.3 Å². The molecule has 0 aromatic heterocycles. The van der Waals surface area contributed by atoms with E-state index in [1.54, 1.807) is 7.11 Å². The third-order valence-electron chi connectivity index (χ3n) is 2.47. The highest BCUT2D eigenvalue weighted by molar-refractivity contribution is 5.73. The Kier molecular flexibility index (Phi) is 4.93. The van der Waals surface area contributed by atoms with E-state index in [-0.39, 0.29) is 6.54 Å². The van der Waals surface area contributed by atoms with Crippen LogP contribution in [0, 0.1) is 6.92 Å². The van der Waals surface area contributed by atoms with Gasteiger partial charge < -0.3 is 20.9 Å². The molecular weight excluding hydrogens is 220 g/mol. The second-order valence-corrected chi connectivity index (χ2v) is 3.88. The molecule has 17 heavy (non-hydrogen) atoms. The average Bonchev–Trinajstić information content (AvgIpc) is 2.29. The van der Waals surface area contributed by atoms with E-state index in [0.29, 0.717) is 6.54 Å². The fraction of sp³-hybridized carbons (Fsp3) is 0.417. The van der Waals surface area contributed by atoms with E-state index in [1.807, 2.05) is 25.1 Å². The predicted molar refractivity (Wildman–Crippen MR) is 65.0 cm³/mol. The summed E-state index contributed by atoms with van der Waals surface area (Å²) >= 11 is 0. The Morgan fingerprint density at radius 3 is 2.82 bits per heavy atom. The minimum absolute atomic E-state index is 0.250. The second kappa shape index (κ2) is 6.22. The van der Waals surface area contributed by atoms with Gasteiger partial charge in [-0.1, -0.05) is 12.1 Å². The molecule has 0 aliphatic carbocycles. The molecule has 0 amide bonds. The summed E-state index contributed by atoms with van der Waals surface area (Å²) < 4.78 is 5.16. The number of nitrogens with one attached hydrogen (secondary N) is 1. The van der Waals surface area contributed by atoms with Crippen molar-refractivity contribution in [2.75, 3.05) is 13.7 Å². The van der Waals surface area contributed by atoms with Crippen LogP contribution in [0.2, 0.25) is 0 Å². The zero-order valence-electron chi connectivity index (χ0n) is 10.1. The topological polar surface area (TPSA) is 84.6 Å². The van der Waals surface area contributed by atoms with Crippen molar-refractivity contribution in [3.63, 3.8) is 0 Å². The molecule has 1 rings (SSSR count). The lowest BCUT2D eigenvalue weighted by Gasteiger charge is -2.10. The largest absolute Gasteiger partial charge is 0.496 e. The van der Waals surface area contributed by atoms with Crippen molar-refractivity contribution in [2.24, 2.45) is 5.73 Å². The number of aliphatic carboxylic acids is 1. The van der Waals surface area contributed by atoms with Crippen molar-refractivity contribution in [1.29, 1.82) is 0 Å². The summed E-state index contributed by atoms with van der Waals surface area (Å²) in [7, 11) is 1.63. The fourth-order valence-corrected chi connectivity index (χ4v) is 1.51.